The lowest BCUT2D eigenvalue weighted by atomic mass is 9.91. The molecule has 0 saturated heterocycles. The van der Waals surface area contributed by atoms with Crippen LogP contribution in [0.2, 0.25) is 0 Å². The third kappa shape index (κ3) is 3.02. The van der Waals surface area contributed by atoms with Gasteiger partial charge in [0.1, 0.15) is 0 Å². The highest BCUT2D eigenvalue weighted by Gasteiger charge is 2.27. The number of hydrogen-bond acceptors (Lipinski definition) is 4. The van der Waals surface area contributed by atoms with Crippen molar-refractivity contribution in [1.82, 2.24) is 0 Å². The minimum atomic E-state index is -0.922. The zero-order chi connectivity index (χ0) is 14.7. The van der Waals surface area contributed by atoms with Crippen LogP contribution in [0, 0.1) is 0 Å². The zero-order valence-electron chi connectivity index (χ0n) is 10.4. The van der Waals surface area contributed by atoms with Gasteiger partial charge in [-0.05, 0) is 5.56 Å². The highest BCUT2D eigenvalue weighted by Crippen LogP contribution is 2.31. The first-order chi connectivity index (χ1) is 9.54. The number of alkyl halides is 1. The Morgan fingerprint density at radius 3 is 2.70 bits per heavy atom. The fourth-order valence-electron chi connectivity index (χ4n) is 1.94. The summed E-state index contributed by atoms with van der Waals surface area (Å²) in [6, 6.07) is 5.17. The average molecular weight is 355 g/mol. The first-order valence-electron chi connectivity index (χ1n) is 5.87. The van der Waals surface area contributed by atoms with Crippen molar-refractivity contribution in [2.24, 2.45) is 0 Å². The molecule has 2 rings (SSSR count). The Morgan fingerprint density at radius 1 is 1.30 bits per heavy atom. The van der Waals surface area contributed by atoms with Gasteiger partial charge in [-0.15, -0.1) is 11.8 Å². The molecular formula is C14H11BrO4S. The van der Waals surface area contributed by atoms with Crippen molar-refractivity contribution in [3.05, 3.63) is 45.9 Å². The normalized spacial score (nSPS) is 13.9. The molecule has 1 aliphatic rings. The van der Waals surface area contributed by atoms with Crippen LogP contribution in [-0.4, -0.2) is 28.4 Å². The Kier molecular flexibility index (Phi) is 4.77. The number of benzene rings is 1. The van der Waals surface area contributed by atoms with Gasteiger partial charge in [0.15, 0.2) is 11.6 Å². The van der Waals surface area contributed by atoms with E-state index in [0.29, 0.717) is 21.4 Å². The van der Waals surface area contributed by atoms with Crippen LogP contribution in [0.4, 0.5) is 0 Å². The number of carbonyl (C=O) groups excluding carboxylic acids is 2. The monoisotopic (exact) mass is 354 g/mol. The summed E-state index contributed by atoms with van der Waals surface area (Å²) in [5.41, 5.74) is 1.62. The Hall–Kier alpha value is -1.40. The topological polar surface area (TPSA) is 71.4 Å². The van der Waals surface area contributed by atoms with Gasteiger partial charge in [-0.1, -0.05) is 34.1 Å². The van der Waals surface area contributed by atoms with Gasteiger partial charge in [0, 0.05) is 28.3 Å². The number of aliphatic carboxylic acids is 1. The molecule has 1 N–H and O–H groups in total. The summed E-state index contributed by atoms with van der Waals surface area (Å²) in [5, 5.41) is 9.10. The summed E-state index contributed by atoms with van der Waals surface area (Å²) >= 11 is 4.42. The minimum Gasteiger partial charge on any atom is -0.481 e. The van der Waals surface area contributed by atoms with Crippen LogP contribution < -0.4 is 0 Å². The van der Waals surface area contributed by atoms with Crippen molar-refractivity contribution in [1.29, 1.82) is 0 Å². The highest BCUT2D eigenvalue weighted by molar-refractivity contribution is 9.08. The summed E-state index contributed by atoms with van der Waals surface area (Å²) in [7, 11) is 0. The number of hydrogen-bond donors (Lipinski definition) is 1. The van der Waals surface area contributed by atoms with E-state index < -0.39 is 5.97 Å². The van der Waals surface area contributed by atoms with Crippen molar-refractivity contribution in [3.63, 3.8) is 0 Å². The number of carboxylic acids is 1. The number of carbonyl (C=O) groups is 3. The lowest BCUT2D eigenvalue weighted by Crippen LogP contribution is -2.17. The van der Waals surface area contributed by atoms with Crippen molar-refractivity contribution in [2.45, 2.75) is 11.8 Å². The van der Waals surface area contributed by atoms with E-state index >= 15 is 0 Å². The maximum Gasteiger partial charge on any atom is 0.304 e. The molecule has 0 saturated carbocycles. The Balaban J connectivity index is 2.27. The molecule has 0 fully saturated rings. The molecule has 0 unspecified atom stereocenters. The number of rotatable bonds is 5. The average Bonchev–Trinajstić information content (AvgIpc) is 2.43. The Morgan fingerprint density at radius 2 is 2.05 bits per heavy atom. The second-order valence-electron chi connectivity index (χ2n) is 4.17. The quantitative estimate of drug-likeness (QED) is 0.822. The first kappa shape index (κ1) is 15.0. The number of thioether (sulfide) groups is 1. The highest BCUT2D eigenvalue weighted by atomic mass is 79.9. The first-order valence-corrected chi connectivity index (χ1v) is 7.98. The van der Waals surface area contributed by atoms with E-state index in [-0.39, 0.29) is 23.7 Å². The van der Waals surface area contributed by atoms with Crippen LogP contribution in [0.15, 0.2) is 29.2 Å². The second-order valence-corrected chi connectivity index (χ2v) is 5.86. The van der Waals surface area contributed by atoms with Crippen molar-refractivity contribution >= 4 is 45.2 Å². The molecule has 104 valence electrons. The van der Waals surface area contributed by atoms with E-state index in [1.165, 1.54) is 6.08 Å². The fraction of sp³-hybridized carbons (Fsp3) is 0.214. The molecule has 0 radical (unpaired) electrons. The van der Waals surface area contributed by atoms with Crippen LogP contribution in [0.25, 0.3) is 0 Å². The van der Waals surface area contributed by atoms with E-state index in [4.69, 9.17) is 5.11 Å². The standard InChI is InChI=1S/C14H11BrO4S/c15-7-8-2-1-3-9-13(8)10(16)6-11(14(9)19)20-5-4-12(17)18/h1-3,6H,4-5,7H2,(H,17,18). The molecule has 0 spiro atoms. The second kappa shape index (κ2) is 6.37. The van der Waals surface area contributed by atoms with E-state index in [1.54, 1.807) is 18.2 Å². The van der Waals surface area contributed by atoms with Crippen LogP contribution in [0.1, 0.15) is 32.7 Å². The van der Waals surface area contributed by atoms with Gasteiger partial charge in [0.25, 0.3) is 0 Å². The Bertz CT molecular complexity index is 622. The smallest absolute Gasteiger partial charge is 0.304 e. The number of halogens is 1. The third-order valence-electron chi connectivity index (χ3n) is 2.85. The van der Waals surface area contributed by atoms with Crippen molar-refractivity contribution in [2.75, 3.05) is 5.75 Å². The largest absolute Gasteiger partial charge is 0.481 e. The lowest BCUT2D eigenvalue weighted by Gasteiger charge is -2.16. The van der Waals surface area contributed by atoms with E-state index in [2.05, 4.69) is 15.9 Å². The molecule has 0 heterocycles. The van der Waals surface area contributed by atoms with E-state index in [9.17, 15) is 14.4 Å². The zero-order valence-corrected chi connectivity index (χ0v) is 12.8. The number of allylic oxidation sites excluding steroid dienone is 2. The summed E-state index contributed by atoms with van der Waals surface area (Å²) in [5.74, 6) is -1.06. The number of fused-ring (bicyclic) bond motifs is 1. The summed E-state index contributed by atoms with van der Waals surface area (Å²) < 4.78 is 0. The van der Waals surface area contributed by atoms with Gasteiger partial charge >= 0.3 is 5.97 Å². The molecule has 0 bridgehead atoms. The lowest BCUT2D eigenvalue weighted by molar-refractivity contribution is -0.136. The van der Waals surface area contributed by atoms with Gasteiger partial charge < -0.3 is 5.11 Å². The fourth-order valence-corrected chi connectivity index (χ4v) is 3.33. The maximum atomic E-state index is 12.3. The molecular weight excluding hydrogens is 344 g/mol. The van der Waals surface area contributed by atoms with Crippen molar-refractivity contribution < 1.29 is 19.5 Å². The SMILES string of the molecule is O=C(O)CCSC1=CC(=O)c2c(CBr)cccc2C1=O. The van der Waals surface area contributed by atoms with E-state index in [1.807, 2.05) is 0 Å². The molecule has 1 aliphatic carbocycles. The van der Waals surface area contributed by atoms with E-state index in [0.717, 1.165) is 17.3 Å². The Labute approximate surface area is 128 Å². The predicted octanol–water partition coefficient (Wildman–Crippen LogP) is 3.05. The summed E-state index contributed by atoms with van der Waals surface area (Å²) in [6.07, 6.45) is 1.26. The van der Waals surface area contributed by atoms with Gasteiger partial charge in [-0.3, -0.25) is 14.4 Å². The predicted molar refractivity (Wildman–Crippen MR) is 80.5 cm³/mol. The van der Waals surface area contributed by atoms with Gasteiger partial charge in [-0.25, -0.2) is 0 Å². The molecule has 0 amide bonds. The maximum absolute atomic E-state index is 12.3. The van der Waals surface area contributed by atoms with Crippen LogP contribution in [-0.2, 0) is 10.1 Å². The summed E-state index contributed by atoms with van der Waals surface area (Å²) in [4.78, 5) is 35.2. The third-order valence-corrected chi connectivity index (χ3v) is 4.47. The molecule has 20 heavy (non-hydrogen) atoms. The number of Topliss-reactive ketones (excluding diaryl/α,β-unsaturated/α-hetero) is 1. The number of ketones is 2. The van der Waals surface area contributed by atoms with Crippen LogP contribution >= 0.6 is 27.7 Å². The molecule has 1 aromatic carbocycles. The molecule has 4 nitrogen and oxygen atoms in total. The molecule has 1 aromatic rings. The van der Waals surface area contributed by atoms with Crippen LogP contribution in [0.5, 0.6) is 0 Å². The van der Waals surface area contributed by atoms with Gasteiger partial charge in [0.2, 0.25) is 0 Å². The minimum absolute atomic E-state index is 0.0439. The molecule has 0 aliphatic heterocycles. The molecule has 0 aromatic heterocycles. The molecule has 6 heteroatoms. The summed E-state index contributed by atoms with van der Waals surface area (Å²) in [6.45, 7) is 0. The van der Waals surface area contributed by atoms with Gasteiger partial charge in [0.05, 0.1) is 11.3 Å². The number of carboxylic acid groups (broad SMARTS) is 1. The van der Waals surface area contributed by atoms with Gasteiger partial charge in [-0.2, -0.15) is 0 Å². The van der Waals surface area contributed by atoms with Crippen molar-refractivity contribution in [3.8, 4) is 0 Å². The van der Waals surface area contributed by atoms with Crippen LogP contribution in [0.3, 0.4) is 0 Å². The molecule has 0 atom stereocenters.